The summed E-state index contributed by atoms with van der Waals surface area (Å²) in [4.78, 5) is 2.23. The number of nitrogens with zero attached hydrogens (tertiary/aromatic N) is 4. The fourth-order valence-corrected chi connectivity index (χ4v) is 1.92. The molecule has 0 aliphatic heterocycles. The fourth-order valence-electron chi connectivity index (χ4n) is 1.92. The van der Waals surface area contributed by atoms with E-state index in [-0.39, 0.29) is 0 Å². The maximum Gasteiger partial charge on any atom is 0.138 e. The molecule has 0 spiro atoms. The van der Waals surface area contributed by atoms with Crippen molar-refractivity contribution < 1.29 is 4.52 Å². The van der Waals surface area contributed by atoms with E-state index in [1.807, 2.05) is 38.0 Å². The monoisotopic (exact) mass is 234 g/mol. The molecule has 5 nitrogen and oxygen atoms in total. The van der Waals surface area contributed by atoms with Crippen LogP contribution in [0.4, 0.5) is 0 Å². The first-order chi connectivity index (χ1) is 8.06. The van der Waals surface area contributed by atoms with Gasteiger partial charge in [-0.15, -0.1) is 0 Å². The van der Waals surface area contributed by atoms with Gasteiger partial charge in [-0.05, 0) is 20.9 Å². The van der Waals surface area contributed by atoms with Crippen LogP contribution in [0.15, 0.2) is 16.9 Å². The van der Waals surface area contributed by atoms with E-state index in [0.717, 1.165) is 24.5 Å². The second-order valence-corrected chi connectivity index (χ2v) is 4.50. The lowest BCUT2D eigenvalue weighted by molar-refractivity contribution is 0.315. The summed E-state index contributed by atoms with van der Waals surface area (Å²) in [5, 5.41) is 8.12. The molecule has 0 aliphatic carbocycles. The van der Waals surface area contributed by atoms with Gasteiger partial charge in [0.2, 0.25) is 0 Å². The fraction of sp³-hybridized carbons (Fsp3) is 0.500. The Morgan fingerprint density at radius 2 is 2.12 bits per heavy atom. The molecule has 92 valence electrons. The molecule has 5 heteroatoms. The van der Waals surface area contributed by atoms with Gasteiger partial charge in [-0.25, -0.2) is 0 Å². The predicted molar refractivity (Wildman–Crippen MR) is 64.4 cm³/mol. The highest BCUT2D eigenvalue weighted by atomic mass is 16.5. The van der Waals surface area contributed by atoms with Crippen LogP contribution < -0.4 is 0 Å². The van der Waals surface area contributed by atoms with Crippen LogP contribution in [0.1, 0.15) is 22.6 Å². The number of rotatable bonds is 4. The Kier molecular flexibility index (Phi) is 3.28. The average Bonchev–Trinajstić information content (AvgIpc) is 2.79. The van der Waals surface area contributed by atoms with Crippen molar-refractivity contribution in [3.63, 3.8) is 0 Å². The molecule has 2 heterocycles. The SMILES string of the molecule is Cc1noc(C)c1CN(C)Cc1cnn(C)c1. The second kappa shape index (κ2) is 4.71. The van der Waals surface area contributed by atoms with E-state index in [1.165, 1.54) is 11.1 Å². The lowest BCUT2D eigenvalue weighted by atomic mass is 10.2. The van der Waals surface area contributed by atoms with Gasteiger partial charge in [0.05, 0.1) is 11.9 Å². The van der Waals surface area contributed by atoms with E-state index in [1.54, 1.807) is 0 Å². The summed E-state index contributed by atoms with van der Waals surface area (Å²) in [6.07, 6.45) is 3.92. The van der Waals surface area contributed by atoms with Gasteiger partial charge in [-0.3, -0.25) is 9.58 Å². The average molecular weight is 234 g/mol. The van der Waals surface area contributed by atoms with Crippen molar-refractivity contribution >= 4 is 0 Å². The van der Waals surface area contributed by atoms with E-state index in [4.69, 9.17) is 4.52 Å². The third kappa shape index (κ3) is 2.74. The minimum Gasteiger partial charge on any atom is -0.361 e. The van der Waals surface area contributed by atoms with Gasteiger partial charge >= 0.3 is 0 Å². The molecule has 0 amide bonds. The minimum absolute atomic E-state index is 0.843. The second-order valence-electron chi connectivity index (χ2n) is 4.50. The van der Waals surface area contributed by atoms with E-state index < -0.39 is 0 Å². The number of aryl methyl sites for hydroxylation is 3. The number of aromatic nitrogens is 3. The third-order valence-corrected chi connectivity index (χ3v) is 2.82. The smallest absolute Gasteiger partial charge is 0.138 e. The Labute approximate surface area is 101 Å². The predicted octanol–water partition coefficient (Wildman–Crippen LogP) is 1.66. The normalized spacial score (nSPS) is 11.4. The number of hydrogen-bond acceptors (Lipinski definition) is 4. The van der Waals surface area contributed by atoms with Crippen LogP contribution in [0.2, 0.25) is 0 Å². The van der Waals surface area contributed by atoms with Crippen LogP contribution in [-0.4, -0.2) is 26.9 Å². The van der Waals surface area contributed by atoms with Gasteiger partial charge in [-0.1, -0.05) is 5.16 Å². The van der Waals surface area contributed by atoms with E-state index in [2.05, 4.69) is 22.2 Å². The van der Waals surface area contributed by atoms with Gasteiger partial charge in [0.15, 0.2) is 0 Å². The van der Waals surface area contributed by atoms with Gasteiger partial charge in [0.1, 0.15) is 5.76 Å². The van der Waals surface area contributed by atoms with Gasteiger partial charge < -0.3 is 4.52 Å². The first-order valence-corrected chi connectivity index (χ1v) is 5.64. The molecule has 0 bridgehead atoms. The van der Waals surface area contributed by atoms with Crippen LogP contribution in [0.5, 0.6) is 0 Å². The van der Waals surface area contributed by atoms with Crippen LogP contribution in [0.3, 0.4) is 0 Å². The molecule has 0 unspecified atom stereocenters. The Balaban J connectivity index is 2.00. The first kappa shape index (κ1) is 11.9. The summed E-state index contributed by atoms with van der Waals surface area (Å²) in [6.45, 7) is 5.64. The molecule has 0 fully saturated rings. The molecule has 2 aromatic rings. The van der Waals surface area contributed by atoms with Crippen LogP contribution >= 0.6 is 0 Å². The van der Waals surface area contributed by atoms with Crippen molar-refractivity contribution in [3.05, 3.63) is 35.0 Å². The van der Waals surface area contributed by atoms with Crippen molar-refractivity contribution in [1.82, 2.24) is 19.8 Å². The molecule has 2 rings (SSSR count). The maximum atomic E-state index is 5.16. The topological polar surface area (TPSA) is 47.1 Å². The molecule has 0 saturated carbocycles. The molecule has 0 atom stereocenters. The Hall–Kier alpha value is -1.62. The van der Waals surface area contributed by atoms with Crippen molar-refractivity contribution in [2.45, 2.75) is 26.9 Å². The van der Waals surface area contributed by atoms with Crippen molar-refractivity contribution in [3.8, 4) is 0 Å². The zero-order valence-electron chi connectivity index (χ0n) is 10.8. The Morgan fingerprint density at radius 3 is 2.65 bits per heavy atom. The zero-order valence-corrected chi connectivity index (χ0v) is 10.8. The minimum atomic E-state index is 0.843. The lowest BCUT2D eigenvalue weighted by Gasteiger charge is -2.15. The molecule has 0 N–H and O–H groups in total. The molecule has 0 aromatic carbocycles. The quantitative estimate of drug-likeness (QED) is 0.807. The molecular weight excluding hydrogens is 216 g/mol. The summed E-state index contributed by atoms with van der Waals surface area (Å²) in [6, 6.07) is 0. The molecule has 0 aliphatic rings. The highest BCUT2D eigenvalue weighted by Gasteiger charge is 2.11. The van der Waals surface area contributed by atoms with E-state index in [0.29, 0.717) is 0 Å². The summed E-state index contributed by atoms with van der Waals surface area (Å²) >= 11 is 0. The largest absolute Gasteiger partial charge is 0.361 e. The molecule has 17 heavy (non-hydrogen) atoms. The van der Waals surface area contributed by atoms with Gasteiger partial charge in [0.25, 0.3) is 0 Å². The van der Waals surface area contributed by atoms with Crippen LogP contribution in [-0.2, 0) is 20.1 Å². The molecular formula is C12H18N4O. The Bertz CT molecular complexity index is 481. The molecule has 0 radical (unpaired) electrons. The van der Waals surface area contributed by atoms with Gasteiger partial charge in [0, 0.05) is 37.5 Å². The zero-order chi connectivity index (χ0) is 12.4. The summed E-state index contributed by atoms with van der Waals surface area (Å²) in [5.74, 6) is 0.903. The third-order valence-electron chi connectivity index (χ3n) is 2.82. The summed E-state index contributed by atoms with van der Waals surface area (Å²) in [5.41, 5.74) is 3.36. The maximum absolute atomic E-state index is 5.16. The summed E-state index contributed by atoms with van der Waals surface area (Å²) < 4.78 is 6.98. The molecule has 2 aromatic heterocycles. The van der Waals surface area contributed by atoms with Crippen LogP contribution in [0, 0.1) is 13.8 Å². The van der Waals surface area contributed by atoms with E-state index in [9.17, 15) is 0 Å². The van der Waals surface area contributed by atoms with Crippen molar-refractivity contribution in [2.24, 2.45) is 7.05 Å². The Morgan fingerprint density at radius 1 is 1.35 bits per heavy atom. The molecule has 0 saturated heterocycles. The van der Waals surface area contributed by atoms with Gasteiger partial charge in [-0.2, -0.15) is 5.10 Å². The summed E-state index contributed by atoms with van der Waals surface area (Å²) in [7, 11) is 4.01. The first-order valence-electron chi connectivity index (χ1n) is 5.64. The van der Waals surface area contributed by atoms with Crippen molar-refractivity contribution in [1.29, 1.82) is 0 Å². The van der Waals surface area contributed by atoms with Crippen LogP contribution in [0.25, 0.3) is 0 Å². The van der Waals surface area contributed by atoms with Crippen molar-refractivity contribution in [2.75, 3.05) is 7.05 Å². The van der Waals surface area contributed by atoms with E-state index >= 15 is 0 Å². The lowest BCUT2D eigenvalue weighted by Crippen LogP contribution is -2.17. The highest BCUT2D eigenvalue weighted by molar-refractivity contribution is 5.20. The number of hydrogen-bond donors (Lipinski definition) is 0. The highest BCUT2D eigenvalue weighted by Crippen LogP contribution is 2.15. The standard InChI is InChI=1S/C12H18N4O/c1-9-12(10(2)17-14-9)8-15(3)6-11-5-13-16(4)7-11/h5,7H,6,8H2,1-4H3.